The van der Waals surface area contributed by atoms with Gasteiger partial charge in [0.1, 0.15) is 0 Å². The molecule has 0 bridgehead atoms. The molecule has 0 aliphatic carbocycles. The van der Waals surface area contributed by atoms with E-state index >= 15 is 0 Å². The van der Waals surface area contributed by atoms with E-state index in [1.54, 1.807) is 17.5 Å². The van der Waals surface area contributed by atoms with Crippen LogP contribution >= 0.6 is 11.3 Å². The first-order valence-corrected chi connectivity index (χ1v) is 6.84. The van der Waals surface area contributed by atoms with E-state index < -0.39 is 5.41 Å². The van der Waals surface area contributed by atoms with Crippen molar-refractivity contribution in [3.63, 3.8) is 0 Å². The summed E-state index contributed by atoms with van der Waals surface area (Å²) in [6.07, 6.45) is 2.47. The lowest BCUT2D eigenvalue weighted by molar-refractivity contribution is 0.196. The highest BCUT2D eigenvalue weighted by atomic mass is 32.1. The van der Waals surface area contributed by atoms with Crippen LogP contribution in [0, 0.1) is 6.92 Å². The molecule has 18 heavy (non-hydrogen) atoms. The Morgan fingerprint density at radius 2 is 2.28 bits per heavy atom. The van der Waals surface area contributed by atoms with Crippen LogP contribution in [-0.4, -0.2) is 23.2 Å². The van der Waals surface area contributed by atoms with Gasteiger partial charge in [-0.1, -0.05) is 29.8 Å². The molecule has 1 heterocycles. The zero-order valence-electron chi connectivity index (χ0n) is 10.5. The largest absolute Gasteiger partial charge is 0.395 e. The summed E-state index contributed by atoms with van der Waals surface area (Å²) < 4.78 is 0. The van der Waals surface area contributed by atoms with E-state index in [1.807, 2.05) is 30.5 Å². The maximum atomic E-state index is 9.82. The van der Waals surface area contributed by atoms with E-state index in [2.05, 4.69) is 11.1 Å². The topological polar surface area (TPSA) is 59.1 Å². The molecule has 96 valence electrons. The Kier molecular flexibility index (Phi) is 4.11. The summed E-state index contributed by atoms with van der Waals surface area (Å²) in [5, 5.41) is 12.8. The van der Waals surface area contributed by atoms with Gasteiger partial charge >= 0.3 is 0 Å². The molecule has 3 nitrogen and oxygen atoms in total. The first kappa shape index (κ1) is 13.2. The van der Waals surface area contributed by atoms with E-state index in [4.69, 9.17) is 5.73 Å². The third kappa shape index (κ3) is 2.61. The van der Waals surface area contributed by atoms with Crippen LogP contribution in [-0.2, 0) is 11.8 Å². The van der Waals surface area contributed by atoms with Crippen molar-refractivity contribution in [2.45, 2.75) is 18.8 Å². The quantitative estimate of drug-likeness (QED) is 0.865. The van der Waals surface area contributed by atoms with Crippen LogP contribution < -0.4 is 5.73 Å². The molecule has 1 unspecified atom stereocenters. The number of aryl methyl sites for hydroxylation is 1. The van der Waals surface area contributed by atoms with Crippen LogP contribution in [0.15, 0.2) is 35.8 Å². The maximum Gasteiger partial charge on any atom is 0.0935 e. The Balaban J connectivity index is 2.37. The van der Waals surface area contributed by atoms with Crippen LogP contribution in [0.3, 0.4) is 0 Å². The van der Waals surface area contributed by atoms with E-state index in [9.17, 15) is 5.11 Å². The van der Waals surface area contributed by atoms with Gasteiger partial charge in [-0.2, -0.15) is 0 Å². The smallest absolute Gasteiger partial charge is 0.0935 e. The highest BCUT2D eigenvalue weighted by molar-refractivity contribution is 7.09. The normalized spacial score (nSPS) is 14.4. The van der Waals surface area contributed by atoms with Crippen molar-refractivity contribution < 1.29 is 5.11 Å². The van der Waals surface area contributed by atoms with Crippen molar-refractivity contribution in [2.75, 3.05) is 13.2 Å². The molecule has 2 aromatic rings. The predicted molar refractivity (Wildman–Crippen MR) is 74.8 cm³/mol. The Hall–Kier alpha value is -1.23. The second-order valence-corrected chi connectivity index (χ2v) is 5.59. The van der Waals surface area contributed by atoms with Gasteiger partial charge < -0.3 is 10.8 Å². The summed E-state index contributed by atoms with van der Waals surface area (Å²) in [5.74, 6) is 0. The van der Waals surface area contributed by atoms with Crippen LogP contribution in [0.2, 0.25) is 0 Å². The Labute approximate surface area is 111 Å². The van der Waals surface area contributed by atoms with Crippen molar-refractivity contribution in [1.82, 2.24) is 4.98 Å². The zero-order valence-corrected chi connectivity index (χ0v) is 11.3. The van der Waals surface area contributed by atoms with Crippen molar-refractivity contribution in [2.24, 2.45) is 5.73 Å². The van der Waals surface area contributed by atoms with Gasteiger partial charge in [0.2, 0.25) is 0 Å². The van der Waals surface area contributed by atoms with Crippen molar-refractivity contribution in [3.05, 3.63) is 52.0 Å². The van der Waals surface area contributed by atoms with E-state index in [0.29, 0.717) is 13.0 Å². The summed E-state index contributed by atoms with van der Waals surface area (Å²) in [4.78, 5) is 4.30. The lowest BCUT2D eigenvalue weighted by Crippen LogP contribution is -2.41. The average molecular weight is 262 g/mol. The number of benzene rings is 1. The van der Waals surface area contributed by atoms with Crippen LogP contribution in [0.4, 0.5) is 0 Å². The molecule has 1 aromatic carbocycles. The highest BCUT2D eigenvalue weighted by Gasteiger charge is 2.31. The van der Waals surface area contributed by atoms with Crippen LogP contribution in [0.5, 0.6) is 0 Å². The third-order valence-electron chi connectivity index (χ3n) is 3.30. The summed E-state index contributed by atoms with van der Waals surface area (Å²) in [6, 6.07) is 8.18. The summed E-state index contributed by atoms with van der Waals surface area (Å²) in [6.45, 7) is 2.49. The minimum Gasteiger partial charge on any atom is -0.395 e. The predicted octanol–water partition coefficient (Wildman–Crippen LogP) is 1.88. The number of thiazole rings is 1. The molecule has 0 amide bonds. The van der Waals surface area contributed by atoms with E-state index in [-0.39, 0.29) is 6.61 Å². The molecule has 2 rings (SSSR count). The number of aliphatic hydroxyl groups excluding tert-OH is 1. The Bertz CT molecular complexity index is 492. The minimum atomic E-state index is -0.427. The molecule has 0 spiro atoms. The fraction of sp³-hybridized carbons (Fsp3) is 0.357. The van der Waals surface area contributed by atoms with Crippen LogP contribution in [0.25, 0.3) is 0 Å². The molecule has 0 radical (unpaired) electrons. The van der Waals surface area contributed by atoms with Gasteiger partial charge in [-0.15, -0.1) is 11.3 Å². The van der Waals surface area contributed by atoms with Gasteiger partial charge in [-0.25, -0.2) is 4.98 Å². The van der Waals surface area contributed by atoms with Crippen molar-refractivity contribution in [1.29, 1.82) is 0 Å². The highest BCUT2D eigenvalue weighted by Crippen LogP contribution is 2.28. The van der Waals surface area contributed by atoms with Gasteiger partial charge in [-0.3, -0.25) is 0 Å². The Morgan fingerprint density at radius 1 is 1.44 bits per heavy atom. The summed E-state index contributed by atoms with van der Waals surface area (Å²) >= 11 is 1.60. The number of hydrogen-bond acceptors (Lipinski definition) is 4. The molecule has 0 aliphatic heterocycles. The molecular weight excluding hydrogens is 244 g/mol. The number of hydrogen-bond donors (Lipinski definition) is 2. The number of rotatable bonds is 5. The molecule has 1 aromatic heterocycles. The minimum absolute atomic E-state index is 0.0343. The number of aliphatic hydroxyl groups is 1. The SMILES string of the molecule is Cc1cccc(C(CN)(CO)Cc2nccs2)c1. The summed E-state index contributed by atoms with van der Waals surface area (Å²) in [5.41, 5.74) is 7.77. The molecule has 0 aliphatic rings. The van der Waals surface area contributed by atoms with Gasteiger partial charge in [-0.05, 0) is 12.5 Å². The third-order valence-corrected chi connectivity index (χ3v) is 4.08. The second-order valence-electron chi connectivity index (χ2n) is 4.61. The first-order chi connectivity index (χ1) is 8.70. The van der Waals surface area contributed by atoms with E-state index in [0.717, 1.165) is 10.6 Å². The number of nitrogens with zero attached hydrogens (tertiary/aromatic N) is 1. The van der Waals surface area contributed by atoms with Crippen molar-refractivity contribution >= 4 is 11.3 Å². The van der Waals surface area contributed by atoms with Gasteiger partial charge in [0.15, 0.2) is 0 Å². The van der Waals surface area contributed by atoms with Gasteiger partial charge in [0.25, 0.3) is 0 Å². The molecule has 4 heteroatoms. The fourth-order valence-corrected chi connectivity index (χ4v) is 2.87. The molecule has 0 saturated heterocycles. The standard InChI is InChI=1S/C14H18N2OS/c1-11-3-2-4-12(7-11)14(9-15,10-17)8-13-16-5-6-18-13/h2-7,17H,8-10,15H2,1H3. The molecule has 1 atom stereocenters. The lowest BCUT2D eigenvalue weighted by atomic mass is 9.78. The monoisotopic (exact) mass is 262 g/mol. The molecule has 0 saturated carbocycles. The Morgan fingerprint density at radius 3 is 2.83 bits per heavy atom. The van der Waals surface area contributed by atoms with Crippen molar-refractivity contribution in [3.8, 4) is 0 Å². The maximum absolute atomic E-state index is 9.82. The van der Waals surface area contributed by atoms with E-state index in [1.165, 1.54) is 5.56 Å². The van der Waals surface area contributed by atoms with Crippen LogP contribution in [0.1, 0.15) is 16.1 Å². The number of aromatic nitrogens is 1. The van der Waals surface area contributed by atoms with Gasteiger partial charge in [0.05, 0.1) is 11.6 Å². The second kappa shape index (κ2) is 5.61. The van der Waals surface area contributed by atoms with Gasteiger partial charge in [0, 0.05) is 30.0 Å². The molecule has 0 fully saturated rings. The lowest BCUT2D eigenvalue weighted by Gasteiger charge is -2.30. The summed E-state index contributed by atoms with van der Waals surface area (Å²) in [7, 11) is 0. The zero-order chi connectivity index (χ0) is 13.0. The fourth-order valence-electron chi connectivity index (χ4n) is 2.11. The molecular formula is C14H18N2OS. The number of nitrogens with two attached hydrogens (primary N) is 1. The first-order valence-electron chi connectivity index (χ1n) is 5.97. The average Bonchev–Trinajstić information content (AvgIpc) is 2.89. The molecule has 3 N–H and O–H groups in total.